The molecule has 0 unspecified atom stereocenters. The van der Waals surface area contributed by atoms with Crippen molar-refractivity contribution in [3.8, 4) is 0 Å². The number of aromatic nitrogens is 3. The molecule has 1 amide bonds. The second-order valence-corrected chi connectivity index (χ2v) is 5.09. The summed E-state index contributed by atoms with van der Waals surface area (Å²) in [5.74, 6) is 0.0371. The van der Waals surface area contributed by atoms with Gasteiger partial charge in [0.1, 0.15) is 12.2 Å². The molecule has 0 aliphatic rings. The van der Waals surface area contributed by atoms with Gasteiger partial charge in [-0.1, -0.05) is 12.1 Å². The molecule has 1 aromatic carbocycles. The summed E-state index contributed by atoms with van der Waals surface area (Å²) < 4.78 is 37.3. The zero-order valence-corrected chi connectivity index (χ0v) is 11.5. The van der Waals surface area contributed by atoms with Crippen molar-refractivity contribution in [2.45, 2.75) is 16.8 Å². The SMILES string of the molecule is O=C(NCCc1ncn[nH]1)c1ccccc1SC(F)(F)F. The van der Waals surface area contributed by atoms with Crippen LogP contribution in [0, 0.1) is 0 Å². The third kappa shape index (κ3) is 4.78. The van der Waals surface area contributed by atoms with Crippen LogP contribution in [0.5, 0.6) is 0 Å². The van der Waals surface area contributed by atoms with E-state index in [2.05, 4.69) is 20.5 Å². The number of halogens is 3. The van der Waals surface area contributed by atoms with E-state index < -0.39 is 11.4 Å². The van der Waals surface area contributed by atoms with Gasteiger partial charge in [-0.05, 0) is 23.9 Å². The van der Waals surface area contributed by atoms with Gasteiger partial charge in [-0.25, -0.2) is 4.98 Å². The van der Waals surface area contributed by atoms with E-state index in [1.165, 1.54) is 30.6 Å². The van der Waals surface area contributed by atoms with Crippen molar-refractivity contribution in [3.63, 3.8) is 0 Å². The molecule has 2 N–H and O–H groups in total. The van der Waals surface area contributed by atoms with Crippen molar-refractivity contribution in [2.24, 2.45) is 0 Å². The first-order valence-corrected chi connectivity index (χ1v) is 6.74. The molecule has 2 rings (SSSR count). The van der Waals surface area contributed by atoms with Gasteiger partial charge in [0.15, 0.2) is 0 Å². The second-order valence-electron chi connectivity index (χ2n) is 3.98. The zero-order chi connectivity index (χ0) is 15.3. The minimum Gasteiger partial charge on any atom is -0.352 e. The lowest BCUT2D eigenvalue weighted by atomic mass is 10.2. The molecule has 0 aliphatic carbocycles. The summed E-state index contributed by atoms with van der Waals surface area (Å²) >= 11 is -0.302. The quantitative estimate of drug-likeness (QED) is 0.831. The Kier molecular flexibility index (Phi) is 4.84. The van der Waals surface area contributed by atoms with E-state index >= 15 is 0 Å². The fourth-order valence-corrected chi connectivity index (χ4v) is 2.28. The molecular weight excluding hydrogens is 305 g/mol. The molecule has 0 atom stereocenters. The van der Waals surface area contributed by atoms with E-state index in [-0.39, 0.29) is 28.8 Å². The van der Waals surface area contributed by atoms with Crippen LogP contribution in [-0.2, 0) is 6.42 Å². The molecule has 9 heteroatoms. The number of hydrogen-bond acceptors (Lipinski definition) is 4. The van der Waals surface area contributed by atoms with Crippen molar-refractivity contribution in [1.82, 2.24) is 20.5 Å². The average Bonchev–Trinajstić information content (AvgIpc) is 2.90. The van der Waals surface area contributed by atoms with Crippen LogP contribution in [-0.4, -0.2) is 33.1 Å². The monoisotopic (exact) mass is 316 g/mol. The molecule has 0 saturated heterocycles. The Morgan fingerprint density at radius 1 is 1.33 bits per heavy atom. The predicted molar refractivity (Wildman–Crippen MR) is 70.8 cm³/mol. The molecule has 0 fully saturated rings. The summed E-state index contributed by atoms with van der Waals surface area (Å²) in [5.41, 5.74) is -4.44. The normalized spacial score (nSPS) is 11.4. The number of nitrogens with zero attached hydrogens (tertiary/aromatic N) is 2. The summed E-state index contributed by atoms with van der Waals surface area (Å²) in [7, 11) is 0. The summed E-state index contributed by atoms with van der Waals surface area (Å²) in [5, 5.41) is 8.84. The second kappa shape index (κ2) is 6.61. The zero-order valence-electron chi connectivity index (χ0n) is 10.6. The Bertz CT molecular complexity index is 601. The van der Waals surface area contributed by atoms with Crippen molar-refractivity contribution >= 4 is 17.7 Å². The fraction of sp³-hybridized carbons (Fsp3) is 0.250. The summed E-state index contributed by atoms with van der Waals surface area (Å²) in [4.78, 5) is 15.7. The van der Waals surface area contributed by atoms with Gasteiger partial charge in [0, 0.05) is 17.9 Å². The number of nitrogens with one attached hydrogen (secondary N) is 2. The van der Waals surface area contributed by atoms with E-state index in [4.69, 9.17) is 0 Å². The van der Waals surface area contributed by atoms with Gasteiger partial charge in [0.05, 0.1) is 5.56 Å². The minimum absolute atomic E-state index is 0.00241. The molecule has 0 aliphatic heterocycles. The Morgan fingerprint density at radius 2 is 2.10 bits per heavy atom. The maximum atomic E-state index is 12.4. The molecule has 5 nitrogen and oxygen atoms in total. The number of thioether (sulfide) groups is 1. The van der Waals surface area contributed by atoms with Gasteiger partial charge in [0.2, 0.25) is 0 Å². The smallest absolute Gasteiger partial charge is 0.352 e. The van der Waals surface area contributed by atoms with E-state index in [1.807, 2.05) is 0 Å². The van der Waals surface area contributed by atoms with Gasteiger partial charge in [-0.2, -0.15) is 18.3 Å². The topological polar surface area (TPSA) is 70.7 Å². The standard InChI is InChI=1S/C12H11F3N4OS/c13-12(14,15)21-9-4-2-1-3-8(9)11(20)16-6-5-10-17-7-18-19-10/h1-4,7H,5-6H2,(H,16,20)(H,17,18,19). The average molecular weight is 316 g/mol. The maximum absolute atomic E-state index is 12.4. The Labute approximate surface area is 122 Å². The number of aromatic amines is 1. The molecule has 0 bridgehead atoms. The highest BCUT2D eigenvalue weighted by molar-refractivity contribution is 8.00. The largest absolute Gasteiger partial charge is 0.446 e. The highest BCUT2D eigenvalue weighted by atomic mass is 32.2. The first-order valence-electron chi connectivity index (χ1n) is 5.93. The molecular formula is C12H11F3N4OS. The molecule has 0 saturated carbocycles. The predicted octanol–water partition coefficient (Wildman–Crippen LogP) is 2.39. The van der Waals surface area contributed by atoms with Gasteiger partial charge in [-0.3, -0.25) is 9.89 Å². The highest BCUT2D eigenvalue weighted by Gasteiger charge is 2.31. The van der Waals surface area contributed by atoms with Gasteiger partial charge in [-0.15, -0.1) is 0 Å². The molecule has 0 spiro atoms. The molecule has 2 aromatic rings. The van der Waals surface area contributed by atoms with Crippen molar-refractivity contribution in [1.29, 1.82) is 0 Å². The third-order valence-corrected chi connectivity index (χ3v) is 3.28. The van der Waals surface area contributed by atoms with E-state index in [1.54, 1.807) is 0 Å². The molecule has 21 heavy (non-hydrogen) atoms. The molecule has 1 heterocycles. The number of carbonyl (C=O) groups excluding carboxylic acids is 1. The highest BCUT2D eigenvalue weighted by Crippen LogP contribution is 2.38. The lowest BCUT2D eigenvalue weighted by Crippen LogP contribution is -2.26. The summed E-state index contributed by atoms with van der Waals surface area (Å²) in [6, 6.07) is 5.60. The van der Waals surface area contributed by atoms with Crippen LogP contribution < -0.4 is 5.32 Å². The van der Waals surface area contributed by atoms with Crippen molar-refractivity contribution < 1.29 is 18.0 Å². The van der Waals surface area contributed by atoms with Crippen LogP contribution >= 0.6 is 11.8 Å². The number of alkyl halides is 3. The first kappa shape index (κ1) is 15.4. The maximum Gasteiger partial charge on any atom is 0.446 e. The molecule has 112 valence electrons. The first-order chi connectivity index (χ1) is 9.96. The number of benzene rings is 1. The molecule has 1 aromatic heterocycles. The Balaban J connectivity index is 1.98. The van der Waals surface area contributed by atoms with Crippen LogP contribution in [0.2, 0.25) is 0 Å². The fourth-order valence-electron chi connectivity index (χ4n) is 1.61. The summed E-state index contributed by atoms with van der Waals surface area (Å²) in [6.45, 7) is 0.249. The molecule has 0 radical (unpaired) electrons. The van der Waals surface area contributed by atoms with Crippen LogP contribution in [0.3, 0.4) is 0 Å². The van der Waals surface area contributed by atoms with Gasteiger partial charge >= 0.3 is 5.51 Å². The third-order valence-electron chi connectivity index (χ3n) is 2.47. The van der Waals surface area contributed by atoms with Gasteiger partial charge < -0.3 is 5.32 Å². The van der Waals surface area contributed by atoms with E-state index in [9.17, 15) is 18.0 Å². The van der Waals surface area contributed by atoms with Crippen LogP contribution in [0.4, 0.5) is 13.2 Å². The number of amides is 1. The van der Waals surface area contributed by atoms with E-state index in [0.717, 1.165) is 0 Å². The lowest BCUT2D eigenvalue weighted by molar-refractivity contribution is -0.0328. The van der Waals surface area contributed by atoms with E-state index in [0.29, 0.717) is 12.2 Å². The van der Waals surface area contributed by atoms with Crippen LogP contribution in [0.25, 0.3) is 0 Å². The number of rotatable bonds is 5. The van der Waals surface area contributed by atoms with Gasteiger partial charge in [0.25, 0.3) is 5.91 Å². The number of hydrogen-bond donors (Lipinski definition) is 2. The minimum atomic E-state index is -4.43. The lowest BCUT2D eigenvalue weighted by Gasteiger charge is -2.11. The Hall–Kier alpha value is -2.03. The summed E-state index contributed by atoms with van der Waals surface area (Å²) in [6.07, 6.45) is 1.76. The van der Waals surface area contributed by atoms with Crippen molar-refractivity contribution in [3.05, 3.63) is 42.0 Å². The number of carbonyl (C=O) groups is 1. The number of H-pyrrole nitrogens is 1. The van der Waals surface area contributed by atoms with Crippen molar-refractivity contribution in [2.75, 3.05) is 6.54 Å². The Morgan fingerprint density at radius 3 is 2.76 bits per heavy atom. The van der Waals surface area contributed by atoms with Crippen LogP contribution in [0.1, 0.15) is 16.2 Å². The van der Waals surface area contributed by atoms with Crippen LogP contribution in [0.15, 0.2) is 35.5 Å².